The Balaban J connectivity index is 1.47. The second kappa shape index (κ2) is 9.81. The van der Waals surface area contributed by atoms with Crippen molar-refractivity contribution < 1.29 is 36.3 Å². The monoisotopic (exact) mass is 567 g/mol. The van der Waals surface area contributed by atoms with E-state index in [2.05, 4.69) is 20.3 Å². The number of nitrogens with one attached hydrogen (secondary N) is 1. The van der Waals surface area contributed by atoms with Gasteiger partial charge in [0.1, 0.15) is 11.6 Å². The van der Waals surface area contributed by atoms with Crippen LogP contribution in [0.15, 0.2) is 30.7 Å². The van der Waals surface area contributed by atoms with Gasteiger partial charge in [-0.1, -0.05) is 0 Å². The number of aryl methyl sites for hydroxylation is 1. The van der Waals surface area contributed by atoms with E-state index in [0.29, 0.717) is 16.3 Å². The fourth-order valence-corrected chi connectivity index (χ4v) is 5.23. The lowest BCUT2D eigenvalue weighted by atomic mass is 9.80. The minimum absolute atomic E-state index is 0.120. The minimum atomic E-state index is -4.69. The number of ether oxygens (including phenoxy) is 1. The highest BCUT2D eigenvalue weighted by atomic mass is 32.1. The Hall–Kier alpha value is -3.68. The van der Waals surface area contributed by atoms with Crippen molar-refractivity contribution in [1.82, 2.24) is 20.3 Å². The number of anilines is 1. The summed E-state index contributed by atoms with van der Waals surface area (Å²) in [5.41, 5.74) is 1.09. The first-order chi connectivity index (χ1) is 18.3. The molecule has 1 atom stereocenters. The van der Waals surface area contributed by atoms with Crippen molar-refractivity contribution in [3.8, 4) is 16.3 Å². The summed E-state index contributed by atoms with van der Waals surface area (Å²) in [4.78, 5) is 39.7. The molecule has 1 fully saturated rings. The van der Waals surface area contributed by atoms with Gasteiger partial charge in [-0.3, -0.25) is 9.59 Å². The molecule has 1 aromatic carbocycles. The van der Waals surface area contributed by atoms with E-state index >= 15 is 0 Å². The van der Waals surface area contributed by atoms with E-state index in [0.717, 1.165) is 17.3 Å². The molecule has 8 nitrogen and oxygen atoms in total. The van der Waals surface area contributed by atoms with Gasteiger partial charge < -0.3 is 15.0 Å². The van der Waals surface area contributed by atoms with Crippen molar-refractivity contribution in [3.05, 3.63) is 52.6 Å². The zero-order valence-electron chi connectivity index (χ0n) is 20.7. The summed E-state index contributed by atoms with van der Waals surface area (Å²) < 4.78 is 71.3. The van der Waals surface area contributed by atoms with Crippen molar-refractivity contribution >= 4 is 28.8 Å². The molecular weight excluding hydrogens is 545 g/mol. The van der Waals surface area contributed by atoms with E-state index in [9.17, 15) is 31.5 Å². The van der Waals surface area contributed by atoms with Crippen LogP contribution in [0.3, 0.4) is 0 Å². The zero-order chi connectivity index (χ0) is 28.1. The molecule has 14 heteroatoms. The number of halogens is 5. The van der Waals surface area contributed by atoms with E-state index < -0.39 is 54.5 Å². The quantitative estimate of drug-likeness (QED) is 0.427. The van der Waals surface area contributed by atoms with Crippen molar-refractivity contribution in [3.63, 3.8) is 0 Å². The van der Waals surface area contributed by atoms with E-state index in [1.165, 1.54) is 22.3 Å². The number of amides is 2. The standard InChI is InChI=1S/C25H22F5N5O3S/c1-12-9-31-21(39-12)17-5-14(20(36)34-13(2)16-10-32-23(33-11-16)25(28,29)30)6-18-19(17)38-4-3-35(18)22(37)15-7-24(26,27)8-15/h5-6,9-11,13,15H,3-4,7-8H2,1-2H3,(H,34,36)/t13-/m1/s1. The average Bonchev–Trinajstić information content (AvgIpc) is 3.31. The van der Waals surface area contributed by atoms with Crippen molar-refractivity contribution in [2.75, 3.05) is 18.1 Å². The molecule has 5 rings (SSSR count). The maximum atomic E-state index is 13.5. The Morgan fingerprint density at radius 2 is 1.85 bits per heavy atom. The molecule has 2 aromatic heterocycles. The van der Waals surface area contributed by atoms with E-state index in [-0.39, 0.29) is 30.0 Å². The Labute approximate surface area is 223 Å². The first-order valence-corrected chi connectivity index (χ1v) is 12.8. The van der Waals surface area contributed by atoms with Crippen LogP contribution in [0.5, 0.6) is 5.75 Å². The molecule has 0 spiro atoms. The van der Waals surface area contributed by atoms with Gasteiger partial charge >= 0.3 is 6.18 Å². The molecule has 1 aliphatic carbocycles. The van der Waals surface area contributed by atoms with Crippen LogP contribution >= 0.6 is 11.3 Å². The lowest BCUT2D eigenvalue weighted by Crippen LogP contribution is -2.49. The molecule has 39 heavy (non-hydrogen) atoms. The van der Waals surface area contributed by atoms with Gasteiger partial charge in [0.15, 0.2) is 5.75 Å². The summed E-state index contributed by atoms with van der Waals surface area (Å²) in [6.07, 6.45) is -2.15. The second-order valence-electron chi connectivity index (χ2n) is 9.48. The first kappa shape index (κ1) is 26.9. The third-order valence-electron chi connectivity index (χ3n) is 6.51. The summed E-state index contributed by atoms with van der Waals surface area (Å²) in [6, 6.07) is 2.24. The zero-order valence-corrected chi connectivity index (χ0v) is 21.5. The summed E-state index contributed by atoms with van der Waals surface area (Å²) in [6.45, 7) is 3.67. The van der Waals surface area contributed by atoms with Crippen LogP contribution in [-0.4, -0.2) is 45.8 Å². The van der Waals surface area contributed by atoms with Crippen molar-refractivity contribution in [2.24, 2.45) is 5.92 Å². The lowest BCUT2D eigenvalue weighted by molar-refractivity contribution is -0.147. The van der Waals surface area contributed by atoms with Crippen molar-refractivity contribution in [1.29, 1.82) is 0 Å². The summed E-state index contributed by atoms with van der Waals surface area (Å²) >= 11 is 1.35. The molecule has 2 aliphatic rings. The molecule has 3 heterocycles. The van der Waals surface area contributed by atoms with Gasteiger partial charge in [-0.25, -0.2) is 23.7 Å². The largest absolute Gasteiger partial charge is 0.489 e. The number of benzene rings is 1. The highest BCUT2D eigenvalue weighted by Gasteiger charge is 2.50. The number of thiazole rings is 1. The molecule has 1 saturated carbocycles. The summed E-state index contributed by atoms with van der Waals surface area (Å²) in [5, 5.41) is 3.23. The maximum Gasteiger partial charge on any atom is 0.451 e. The SMILES string of the molecule is Cc1cnc(-c2cc(C(=O)N[C@H](C)c3cnc(C(F)(F)F)nc3)cc3c2OCCN3C(=O)C2CC(F)(F)C2)s1. The van der Waals surface area contributed by atoms with Crippen LogP contribution in [0.2, 0.25) is 0 Å². The van der Waals surface area contributed by atoms with Gasteiger partial charge in [0.2, 0.25) is 17.7 Å². The third-order valence-corrected chi connectivity index (χ3v) is 7.46. The number of alkyl halides is 5. The smallest absolute Gasteiger partial charge is 0.451 e. The molecule has 2 amide bonds. The second-order valence-corrected chi connectivity index (χ2v) is 10.7. The predicted octanol–water partition coefficient (Wildman–Crippen LogP) is 5.19. The van der Waals surface area contributed by atoms with Gasteiger partial charge in [-0.15, -0.1) is 11.3 Å². The van der Waals surface area contributed by atoms with Gasteiger partial charge in [0, 0.05) is 53.4 Å². The molecule has 0 bridgehead atoms. The maximum absolute atomic E-state index is 13.5. The fourth-order valence-electron chi connectivity index (χ4n) is 4.45. The molecule has 1 N–H and O–H groups in total. The Kier molecular flexibility index (Phi) is 6.77. The summed E-state index contributed by atoms with van der Waals surface area (Å²) in [7, 11) is 0. The molecule has 206 valence electrons. The number of hydrogen-bond acceptors (Lipinski definition) is 7. The highest BCUT2D eigenvalue weighted by molar-refractivity contribution is 7.15. The number of hydrogen-bond donors (Lipinski definition) is 1. The van der Waals surface area contributed by atoms with Crippen LogP contribution < -0.4 is 15.0 Å². The molecule has 0 saturated heterocycles. The average molecular weight is 568 g/mol. The molecular formula is C25H22F5N5O3S. The predicted molar refractivity (Wildman–Crippen MR) is 131 cm³/mol. The Bertz CT molecular complexity index is 1420. The topological polar surface area (TPSA) is 97.3 Å². The first-order valence-electron chi connectivity index (χ1n) is 12.0. The van der Waals surface area contributed by atoms with Crippen LogP contribution in [0.25, 0.3) is 10.6 Å². The number of carbonyl (C=O) groups excluding carboxylic acids is 2. The van der Waals surface area contributed by atoms with Crippen molar-refractivity contribution in [2.45, 2.75) is 44.8 Å². The highest BCUT2D eigenvalue weighted by Crippen LogP contribution is 2.47. The van der Waals surface area contributed by atoms with Gasteiger partial charge in [0.05, 0.1) is 23.8 Å². The van der Waals surface area contributed by atoms with E-state index in [4.69, 9.17) is 4.74 Å². The fraction of sp³-hybridized carbons (Fsp3) is 0.400. The number of carbonyl (C=O) groups is 2. The number of nitrogens with zero attached hydrogens (tertiary/aromatic N) is 4. The number of rotatable bonds is 5. The van der Waals surface area contributed by atoms with Crippen LogP contribution in [0.4, 0.5) is 27.6 Å². The van der Waals surface area contributed by atoms with Gasteiger partial charge in [-0.05, 0) is 26.0 Å². The lowest BCUT2D eigenvalue weighted by Gasteiger charge is -2.39. The van der Waals surface area contributed by atoms with E-state index in [1.807, 2.05) is 6.92 Å². The minimum Gasteiger partial charge on any atom is -0.489 e. The number of aromatic nitrogens is 3. The van der Waals surface area contributed by atoms with Gasteiger partial charge in [0.25, 0.3) is 5.91 Å². The Morgan fingerprint density at radius 3 is 2.44 bits per heavy atom. The van der Waals surface area contributed by atoms with Crippen LogP contribution in [0.1, 0.15) is 52.4 Å². The van der Waals surface area contributed by atoms with Crippen LogP contribution in [-0.2, 0) is 11.0 Å². The van der Waals surface area contributed by atoms with Gasteiger partial charge in [-0.2, -0.15) is 13.2 Å². The van der Waals surface area contributed by atoms with E-state index in [1.54, 1.807) is 19.2 Å². The third kappa shape index (κ3) is 5.42. The Morgan fingerprint density at radius 1 is 1.15 bits per heavy atom. The molecule has 1 aliphatic heterocycles. The summed E-state index contributed by atoms with van der Waals surface area (Å²) in [5.74, 6) is -5.76. The molecule has 0 radical (unpaired) electrons. The normalized spacial score (nSPS) is 17.6. The molecule has 0 unspecified atom stereocenters. The van der Waals surface area contributed by atoms with Crippen LogP contribution in [0, 0.1) is 12.8 Å². The number of fused-ring (bicyclic) bond motifs is 1. The molecule has 3 aromatic rings.